The highest BCUT2D eigenvalue weighted by Gasteiger charge is 2.08. The Morgan fingerprint density at radius 2 is 1.90 bits per heavy atom. The lowest BCUT2D eigenvalue weighted by molar-refractivity contribution is -0.116. The predicted molar refractivity (Wildman–Crippen MR) is 78.9 cm³/mol. The largest absolute Gasteiger partial charge is 0.325 e. The van der Waals surface area contributed by atoms with Crippen LogP contribution >= 0.6 is 0 Å². The predicted octanol–water partition coefficient (Wildman–Crippen LogP) is 1.43. The zero-order valence-corrected chi connectivity index (χ0v) is 11.1. The Hall–Kier alpha value is -3.02. The summed E-state index contributed by atoms with van der Waals surface area (Å²) in [5.41, 5.74) is 0.782. The van der Waals surface area contributed by atoms with E-state index in [1.165, 1.54) is 10.9 Å². The molecule has 1 amide bonds. The number of benzene rings is 1. The molecule has 0 atom stereocenters. The SMILES string of the molecule is O=C(Cn1cnc2ncccc2c1=O)Nc1ccccc1. The third kappa shape index (κ3) is 2.79. The Balaban J connectivity index is 1.83. The van der Waals surface area contributed by atoms with Crippen molar-refractivity contribution in [2.45, 2.75) is 6.54 Å². The third-order valence-corrected chi connectivity index (χ3v) is 2.97. The van der Waals surface area contributed by atoms with E-state index in [2.05, 4.69) is 15.3 Å². The van der Waals surface area contributed by atoms with E-state index in [1.807, 2.05) is 18.2 Å². The van der Waals surface area contributed by atoms with Gasteiger partial charge >= 0.3 is 0 Å². The first kappa shape index (κ1) is 13.0. The molecule has 0 radical (unpaired) electrons. The highest BCUT2D eigenvalue weighted by Crippen LogP contribution is 2.05. The summed E-state index contributed by atoms with van der Waals surface area (Å²) < 4.78 is 1.27. The number of amides is 1. The fourth-order valence-electron chi connectivity index (χ4n) is 1.99. The van der Waals surface area contributed by atoms with E-state index in [0.717, 1.165) is 0 Å². The standard InChI is InChI=1S/C15H12N4O2/c20-13(18-11-5-2-1-3-6-11)9-19-10-17-14-12(15(19)21)7-4-8-16-14/h1-8,10H,9H2,(H,18,20). The zero-order chi connectivity index (χ0) is 14.7. The second kappa shape index (κ2) is 5.54. The summed E-state index contributed by atoms with van der Waals surface area (Å²) in [6, 6.07) is 12.4. The minimum Gasteiger partial charge on any atom is -0.325 e. The van der Waals surface area contributed by atoms with Crippen LogP contribution in [0.4, 0.5) is 5.69 Å². The van der Waals surface area contributed by atoms with Crippen molar-refractivity contribution < 1.29 is 4.79 Å². The Morgan fingerprint density at radius 3 is 2.71 bits per heavy atom. The van der Waals surface area contributed by atoms with E-state index in [9.17, 15) is 9.59 Å². The monoisotopic (exact) mass is 280 g/mol. The molecule has 6 nitrogen and oxygen atoms in total. The van der Waals surface area contributed by atoms with Crippen molar-refractivity contribution in [3.8, 4) is 0 Å². The van der Waals surface area contributed by atoms with Crippen molar-refractivity contribution in [2.24, 2.45) is 0 Å². The second-order valence-electron chi connectivity index (χ2n) is 4.47. The van der Waals surface area contributed by atoms with E-state index in [0.29, 0.717) is 16.7 Å². The molecule has 3 aromatic rings. The highest BCUT2D eigenvalue weighted by molar-refractivity contribution is 5.90. The number of rotatable bonds is 3. The Bertz CT molecular complexity index is 843. The molecule has 1 N–H and O–H groups in total. The molecule has 0 aliphatic rings. The summed E-state index contributed by atoms with van der Waals surface area (Å²) in [7, 11) is 0. The van der Waals surface area contributed by atoms with Gasteiger partial charge in [-0.1, -0.05) is 18.2 Å². The molecule has 0 fully saturated rings. The van der Waals surface area contributed by atoms with Crippen LogP contribution in [0, 0.1) is 0 Å². The molecule has 104 valence electrons. The third-order valence-electron chi connectivity index (χ3n) is 2.97. The molecule has 3 rings (SSSR count). The lowest BCUT2D eigenvalue weighted by Gasteiger charge is -2.07. The number of aromatic nitrogens is 3. The fraction of sp³-hybridized carbons (Fsp3) is 0.0667. The summed E-state index contributed by atoms with van der Waals surface area (Å²) in [4.78, 5) is 32.3. The van der Waals surface area contributed by atoms with Gasteiger partial charge in [0, 0.05) is 11.9 Å². The molecule has 0 spiro atoms. The molecule has 0 saturated carbocycles. The Kier molecular flexibility index (Phi) is 3.42. The average Bonchev–Trinajstić information content (AvgIpc) is 2.51. The molecule has 0 bridgehead atoms. The van der Waals surface area contributed by atoms with Gasteiger partial charge in [0.2, 0.25) is 5.91 Å². The number of hydrogen-bond donors (Lipinski definition) is 1. The zero-order valence-electron chi connectivity index (χ0n) is 11.1. The minimum absolute atomic E-state index is 0.0917. The van der Waals surface area contributed by atoms with Gasteiger partial charge in [0.25, 0.3) is 5.56 Å². The summed E-state index contributed by atoms with van der Waals surface area (Å²) in [5, 5.41) is 3.12. The lowest BCUT2D eigenvalue weighted by Crippen LogP contribution is -2.28. The molecular weight excluding hydrogens is 268 g/mol. The maximum Gasteiger partial charge on any atom is 0.263 e. The first-order valence-electron chi connectivity index (χ1n) is 6.39. The molecule has 0 aliphatic carbocycles. The molecular formula is C15H12N4O2. The van der Waals surface area contributed by atoms with Crippen LogP contribution in [-0.4, -0.2) is 20.4 Å². The number of nitrogens with one attached hydrogen (secondary N) is 1. The molecule has 0 unspecified atom stereocenters. The second-order valence-corrected chi connectivity index (χ2v) is 4.47. The molecule has 6 heteroatoms. The Labute approximate surface area is 120 Å². The van der Waals surface area contributed by atoms with Gasteiger partial charge in [0.1, 0.15) is 12.9 Å². The maximum atomic E-state index is 12.2. The van der Waals surface area contributed by atoms with Gasteiger partial charge in [-0.15, -0.1) is 0 Å². The molecule has 0 aliphatic heterocycles. The van der Waals surface area contributed by atoms with E-state index >= 15 is 0 Å². The quantitative estimate of drug-likeness (QED) is 0.787. The van der Waals surface area contributed by atoms with Crippen molar-refractivity contribution in [2.75, 3.05) is 5.32 Å². The van der Waals surface area contributed by atoms with Crippen LogP contribution in [0.3, 0.4) is 0 Å². The van der Waals surface area contributed by atoms with Gasteiger partial charge in [0.15, 0.2) is 5.65 Å². The van der Waals surface area contributed by atoms with Crippen LogP contribution in [-0.2, 0) is 11.3 Å². The smallest absolute Gasteiger partial charge is 0.263 e. The van der Waals surface area contributed by atoms with Gasteiger partial charge in [-0.25, -0.2) is 9.97 Å². The number of fused-ring (bicyclic) bond motifs is 1. The molecule has 0 saturated heterocycles. The summed E-state index contributed by atoms with van der Waals surface area (Å²) in [6.45, 7) is -0.0917. The number of nitrogens with zero attached hydrogens (tertiary/aromatic N) is 3. The number of carbonyl (C=O) groups is 1. The number of pyridine rings is 1. The van der Waals surface area contributed by atoms with Crippen molar-refractivity contribution in [3.63, 3.8) is 0 Å². The fourth-order valence-corrected chi connectivity index (χ4v) is 1.99. The minimum atomic E-state index is -0.284. The van der Waals surface area contributed by atoms with Gasteiger partial charge in [-0.2, -0.15) is 0 Å². The molecule has 21 heavy (non-hydrogen) atoms. The van der Waals surface area contributed by atoms with Gasteiger partial charge in [-0.3, -0.25) is 14.2 Å². The van der Waals surface area contributed by atoms with Crippen LogP contribution in [0.1, 0.15) is 0 Å². The van der Waals surface area contributed by atoms with Crippen LogP contribution in [0.2, 0.25) is 0 Å². The van der Waals surface area contributed by atoms with E-state index < -0.39 is 0 Å². The Morgan fingerprint density at radius 1 is 1.10 bits per heavy atom. The van der Waals surface area contributed by atoms with E-state index in [4.69, 9.17) is 0 Å². The number of carbonyl (C=O) groups excluding carboxylic acids is 1. The van der Waals surface area contributed by atoms with Crippen LogP contribution < -0.4 is 10.9 Å². The average molecular weight is 280 g/mol. The molecule has 2 heterocycles. The van der Waals surface area contributed by atoms with Crippen molar-refractivity contribution in [1.29, 1.82) is 0 Å². The number of para-hydroxylation sites is 1. The van der Waals surface area contributed by atoms with Crippen molar-refractivity contribution in [3.05, 3.63) is 65.3 Å². The highest BCUT2D eigenvalue weighted by atomic mass is 16.2. The van der Waals surface area contributed by atoms with Gasteiger partial charge < -0.3 is 5.32 Å². The molecule has 1 aromatic carbocycles. The van der Waals surface area contributed by atoms with Crippen LogP contribution in [0.5, 0.6) is 0 Å². The first-order valence-corrected chi connectivity index (χ1v) is 6.39. The molecule has 2 aromatic heterocycles. The van der Waals surface area contributed by atoms with E-state index in [-0.39, 0.29) is 18.0 Å². The number of hydrogen-bond acceptors (Lipinski definition) is 4. The summed E-state index contributed by atoms with van der Waals surface area (Å²) >= 11 is 0. The topological polar surface area (TPSA) is 76.9 Å². The number of anilines is 1. The normalized spacial score (nSPS) is 10.5. The summed E-state index contributed by atoms with van der Waals surface area (Å²) in [6.07, 6.45) is 2.91. The lowest BCUT2D eigenvalue weighted by atomic mass is 10.3. The van der Waals surface area contributed by atoms with Crippen LogP contribution in [0.25, 0.3) is 11.0 Å². The summed E-state index contributed by atoms with van der Waals surface area (Å²) in [5.74, 6) is -0.284. The first-order chi connectivity index (χ1) is 10.2. The maximum absolute atomic E-state index is 12.2. The van der Waals surface area contributed by atoms with Crippen LogP contribution in [0.15, 0.2) is 59.8 Å². The van der Waals surface area contributed by atoms with Gasteiger partial charge in [-0.05, 0) is 24.3 Å². The van der Waals surface area contributed by atoms with E-state index in [1.54, 1.807) is 30.5 Å². The van der Waals surface area contributed by atoms with Crippen molar-refractivity contribution >= 4 is 22.6 Å². The van der Waals surface area contributed by atoms with Crippen molar-refractivity contribution in [1.82, 2.24) is 14.5 Å². The van der Waals surface area contributed by atoms with Gasteiger partial charge in [0.05, 0.1) is 5.39 Å².